The maximum atomic E-state index is 11.2. The van der Waals surface area contributed by atoms with Gasteiger partial charge in [0.2, 0.25) is 5.88 Å². The highest BCUT2D eigenvalue weighted by Gasteiger charge is 1.98. The van der Waals surface area contributed by atoms with Crippen LogP contribution in [0.25, 0.3) is 0 Å². The summed E-state index contributed by atoms with van der Waals surface area (Å²) in [5.41, 5.74) is 5.19. The molecule has 13 heavy (non-hydrogen) atoms. The Morgan fingerprint density at radius 2 is 2.38 bits per heavy atom. The lowest BCUT2D eigenvalue weighted by Gasteiger charge is -2.04. The predicted octanol–water partition coefficient (Wildman–Crippen LogP) is -0.399. The summed E-state index contributed by atoms with van der Waals surface area (Å²) in [6.07, 6.45) is 0.736. The van der Waals surface area contributed by atoms with Gasteiger partial charge in [0.05, 0.1) is 7.11 Å². The summed E-state index contributed by atoms with van der Waals surface area (Å²) in [5.74, 6) is 0.441. The van der Waals surface area contributed by atoms with Crippen LogP contribution in [-0.4, -0.2) is 23.4 Å². The minimum Gasteiger partial charge on any atom is -0.480 e. The fraction of sp³-hybridized carbons (Fsp3) is 0.500. The topological polar surface area (TPSA) is 70.1 Å². The number of rotatable bonds is 4. The van der Waals surface area contributed by atoms with E-state index in [2.05, 4.69) is 5.10 Å². The van der Waals surface area contributed by atoms with Gasteiger partial charge < -0.3 is 10.5 Å². The monoisotopic (exact) mass is 183 g/mol. The van der Waals surface area contributed by atoms with E-state index in [4.69, 9.17) is 10.5 Å². The van der Waals surface area contributed by atoms with Crippen molar-refractivity contribution >= 4 is 0 Å². The number of methoxy groups -OCH3 is 1. The van der Waals surface area contributed by atoms with Gasteiger partial charge in [-0.1, -0.05) is 0 Å². The molecule has 0 saturated carbocycles. The quantitative estimate of drug-likeness (QED) is 0.689. The minimum atomic E-state index is -0.130. The molecule has 0 amide bonds. The molecule has 0 radical (unpaired) electrons. The maximum Gasteiger partial charge on any atom is 0.266 e. The van der Waals surface area contributed by atoms with Crippen molar-refractivity contribution in [3.05, 3.63) is 22.5 Å². The van der Waals surface area contributed by atoms with Crippen molar-refractivity contribution in [2.45, 2.75) is 13.0 Å². The van der Waals surface area contributed by atoms with Crippen molar-refractivity contribution in [3.8, 4) is 5.88 Å². The predicted molar refractivity (Wildman–Crippen MR) is 48.7 cm³/mol. The molecule has 1 aromatic heterocycles. The summed E-state index contributed by atoms with van der Waals surface area (Å²) in [7, 11) is 1.51. The minimum absolute atomic E-state index is 0.130. The Morgan fingerprint density at radius 1 is 1.62 bits per heavy atom. The Morgan fingerprint density at radius 3 is 3.00 bits per heavy atom. The number of aromatic nitrogens is 2. The third kappa shape index (κ3) is 2.55. The Kier molecular flexibility index (Phi) is 3.45. The molecule has 72 valence electrons. The SMILES string of the molecule is COc1ccc(=O)n(CCCN)n1. The molecule has 0 aromatic carbocycles. The molecule has 0 atom stereocenters. The second-order valence-corrected chi connectivity index (χ2v) is 2.58. The molecule has 0 bridgehead atoms. The average molecular weight is 183 g/mol. The highest BCUT2D eigenvalue weighted by molar-refractivity contribution is 5.05. The number of hydrogen-bond donors (Lipinski definition) is 1. The number of aryl methyl sites for hydroxylation is 1. The lowest BCUT2D eigenvalue weighted by Crippen LogP contribution is -2.23. The van der Waals surface area contributed by atoms with Gasteiger partial charge in [-0.25, -0.2) is 4.68 Å². The van der Waals surface area contributed by atoms with Gasteiger partial charge in [0.1, 0.15) is 0 Å². The maximum absolute atomic E-state index is 11.2. The Hall–Kier alpha value is -1.36. The van der Waals surface area contributed by atoms with E-state index in [9.17, 15) is 4.79 Å². The van der Waals surface area contributed by atoms with Crippen molar-refractivity contribution in [1.82, 2.24) is 9.78 Å². The molecule has 0 aliphatic heterocycles. The van der Waals surface area contributed by atoms with Crippen LogP contribution >= 0.6 is 0 Å². The normalized spacial score (nSPS) is 10.0. The molecule has 0 unspecified atom stereocenters. The van der Waals surface area contributed by atoms with Gasteiger partial charge in [0, 0.05) is 18.7 Å². The summed E-state index contributed by atoms with van der Waals surface area (Å²) >= 11 is 0. The van der Waals surface area contributed by atoms with E-state index in [-0.39, 0.29) is 5.56 Å². The van der Waals surface area contributed by atoms with Gasteiger partial charge in [-0.05, 0) is 13.0 Å². The van der Waals surface area contributed by atoms with E-state index in [1.165, 1.54) is 17.9 Å². The number of ether oxygens (including phenoxy) is 1. The first kappa shape index (κ1) is 9.73. The highest BCUT2D eigenvalue weighted by Crippen LogP contribution is 1.99. The third-order valence-electron chi connectivity index (χ3n) is 1.63. The van der Waals surface area contributed by atoms with Crippen LogP contribution in [0, 0.1) is 0 Å². The number of nitrogens with two attached hydrogens (primary N) is 1. The van der Waals surface area contributed by atoms with Gasteiger partial charge in [0.25, 0.3) is 5.56 Å². The van der Waals surface area contributed by atoms with Crippen LogP contribution in [0.4, 0.5) is 0 Å². The zero-order valence-electron chi connectivity index (χ0n) is 7.56. The van der Waals surface area contributed by atoms with Crippen molar-refractivity contribution < 1.29 is 4.74 Å². The van der Waals surface area contributed by atoms with Crippen LogP contribution in [0.1, 0.15) is 6.42 Å². The van der Waals surface area contributed by atoms with Crippen LogP contribution in [0.3, 0.4) is 0 Å². The first-order chi connectivity index (χ1) is 6.27. The third-order valence-corrected chi connectivity index (χ3v) is 1.63. The second-order valence-electron chi connectivity index (χ2n) is 2.58. The fourth-order valence-corrected chi connectivity index (χ4v) is 0.940. The smallest absolute Gasteiger partial charge is 0.266 e. The van der Waals surface area contributed by atoms with E-state index in [0.717, 1.165) is 6.42 Å². The molecule has 1 rings (SSSR count). The van der Waals surface area contributed by atoms with Crippen molar-refractivity contribution in [1.29, 1.82) is 0 Å². The zero-order valence-corrected chi connectivity index (χ0v) is 7.56. The number of hydrogen-bond acceptors (Lipinski definition) is 4. The number of nitrogens with zero attached hydrogens (tertiary/aromatic N) is 2. The Labute approximate surface area is 76.1 Å². The summed E-state index contributed by atoms with van der Waals surface area (Å²) in [5, 5.41) is 3.95. The van der Waals surface area contributed by atoms with Crippen LogP contribution in [0.2, 0.25) is 0 Å². The summed E-state index contributed by atoms with van der Waals surface area (Å²) in [6.45, 7) is 1.08. The van der Waals surface area contributed by atoms with E-state index in [1.807, 2.05) is 0 Å². The van der Waals surface area contributed by atoms with Crippen molar-refractivity contribution in [2.75, 3.05) is 13.7 Å². The summed E-state index contributed by atoms with van der Waals surface area (Å²) in [6, 6.07) is 2.98. The molecule has 1 heterocycles. The molecule has 5 heteroatoms. The van der Waals surface area contributed by atoms with Gasteiger partial charge in [-0.3, -0.25) is 4.79 Å². The highest BCUT2D eigenvalue weighted by atomic mass is 16.5. The van der Waals surface area contributed by atoms with Crippen LogP contribution in [0.5, 0.6) is 5.88 Å². The molecule has 0 saturated heterocycles. The zero-order chi connectivity index (χ0) is 9.68. The van der Waals surface area contributed by atoms with Crippen LogP contribution in [0.15, 0.2) is 16.9 Å². The molecule has 2 N–H and O–H groups in total. The molecule has 0 aliphatic rings. The second kappa shape index (κ2) is 4.61. The lowest BCUT2D eigenvalue weighted by atomic mass is 10.4. The molecule has 0 spiro atoms. The average Bonchev–Trinajstić information content (AvgIpc) is 2.17. The lowest BCUT2D eigenvalue weighted by molar-refractivity contribution is 0.374. The summed E-state index contributed by atoms with van der Waals surface area (Å²) < 4.78 is 6.24. The first-order valence-electron chi connectivity index (χ1n) is 4.10. The molecule has 1 aromatic rings. The molecular formula is C8H13N3O2. The Balaban J connectivity index is 2.84. The van der Waals surface area contributed by atoms with E-state index in [1.54, 1.807) is 6.07 Å². The van der Waals surface area contributed by atoms with E-state index < -0.39 is 0 Å². The molecule has 0 aliphatic carbocycles. The van der Waals surface area contributed by atoms with Gasteiger partial charge in [-0.2, -0.15) is 0 Å². The van der Waals surface area contributed by atoms with Crippen LogP contribution < -0.4 is 16.0 Å². The van der Waals surface area contributed by atoms with Gasteiger partial charge in [-0.15, -0.1) is 5.10 Å². The first-order valence-corrected chi connectivity index (χ1v) is 4.10. The molecule has 0 fully saturated rings. The molecular weight excluding hydrogens is 170 g/mol. The van der Waals surface area contributed by atoms with E-state index in [0.29, 0.717) is 19.0 Å². The van der Waals surface area contributed by atoms with Gasteiger partial charge in [0.15, 0.2) is 0 Å². The van der Waals surface area contributed by atoms with Crippen molar-refractivity contribution in [2.24, 2.45) is 5.73 Å². The molecule has 5 nitrogen and oxygen atoms in total. The summed E-state index contributed by atoms with van der Waals surface area (Å²) in [4.78, 5) is 11.2. The Bertz CT molecular complexity index is 321. The van der Waals surface area contributed by atoms with Crippen LogP contribution in [-0.2, 0) is 6.54 Å². The standard InChI is InChI=1S/C8H13N3O2/c1-13-7-3-4-8(12)11(10-7)6-2-5-9/h3-4H,2,5-6,9H2,1H3. The fourth-order valence-electron chi connectivity index (χ4n) is 0.940. The van der Waals surface area contributed by atoms with Gasteiger partial charge >= 0.3 is 0 Å². The van der Waals surface area contributed by atoms with Crippen molar-refractivity contribution in [3.63, 3.8) is 0 Å². The van der Waals surface area contributed by atoms with E-state index >= 15 is 0 Å². The largest absolute Gasteiger partial charge is 0.480 e.